The van der Waals surface area contributed by atoms with Crippen LogP contribution in [0.5, 0.6) is 0 Å². The predicted molar refractivity (Wildman–Crippen MR) is 151 cm³/mol. The minimum Gasteiger partial charge on any atom is -0.342 e. The summed E-state index contributed by atoms with van der Waals surface area (Å²) in [7, 11) is 0. The van der Waals surface area contributed by atoms with Crippen LogP contribution in [0.15, 0.2) is 60.7 Å². The minimum absolute atomic E-state index is 0.280. The van der Waals surface area contributed by atoms with Gasteiger partial charge in [-0.25, -0.2) is 0 Å². The normalized spacial score (nSPS) is 13.5. The fourth-order valence-corrected chi connectivity index (χ4v) is 5.15. The molecule has 3 aromatic rings. The lowest BCUT2D eigenvalue weighted by Gasteiger charge is -2.17. The van der Waals surface area contributed by atoms with Gasteiger partial charge >= 0.3 is 0 Å². The van der Waals surface area contributed by atoms with E-state index in [1.165, 1.54) is 60.8 Å². The van der Waals surface area contributed by atoms with Gasteiger partial charge in [0.2, 0.25) is 5.91 Å². The van der Waals surface area contributed by atoms with Crippen molar-refractivity contribution in [2.75, 3.05) is 13.1 Å². The molecule has 1 aliphatic rings. The van der Waals surface area contributed by atoms with Crippen LogP contribution in [0.3, 0.4) is 0 Å². The lowest BCUT2D eigenvalue weighted by molar-refractivity contribution is -0.127. The molecule has 0 aliphatic carbocycles. The second-order valence-electron chi connectivity index (χ2n) is 10.2. The maximum Gasteiger partial charge on any atom is 0.222 e. The Balaban J connectivity index is 1.56. The smallest absolute Gasteiger partial charge is 0.222 e. The van der Waals surface area contributed by atoms with Crippen molar-refractivity contribution in [1.29, 1.82) is 0 Å². The average Bonchev–Trinajstić information content (AvgIpc) is 3.33. The van der Waals surface area contributed by atoms with Gasteiger partial charge in [-0.1, -0.05) is 94.1 Å². The van der Waals surface area contributed by atoms with Crippen LogP contribution < -0.4 is 0 Å². The van der Waals surface area contributed by atoms with E-state index in [0.717, 1.165) is 55.7 Å². The summed E-state index contributed by atoms with van der Waals surface area (Å²) in [5.41, 5.74) is 8.45. The van der Waals surface area contributed by atoms with E-state index in [9.17, 15) is 4.79 Å². The monoisotopic (exact) mass is 482 g/mol. The highest BCUT2D eigenvalue weighted by Crippen LogP contribution is 2.28. The van der Waals surface area contributed by atoms with Crippen LogP contribution in [0.1, 0.15) is 82.0 Å². The van der Waals surface area contributed by atoms with E-state index >= 15 is 0 Å². The van der Waals surface area contributed by atoms with Crippen LogP contribution >= 0.6 is 0 Å². The summed E-state index contributed by atoms with van der Waals surface area (Å²) in [6.45, 7) is 6.12. The zero-order chi connectivity index (χ0) is 25.2. The highest BCUT2D eigenvalue weighted by atomic mass is 16.2. The van der Waals surface area contributed by atoms with Crippen molar-refractivity contribution >= 4 is 5.91 Å². The zero-order valence-electron chi connectivity index (χ0n) is 22.3. The van der Waals surface area contributed by atoms with Crippen LogP contribution in [0.25, 0.3) is 22.4 Å². The Morgan fingerprint density at radius 2 is 1.33 bits per heavy atom. The Bertz CT molecular complexity index is 1100. The largest absolute Gasteiger partial charge is 0.342 e. The van der Waals surface area contributed by atoms with E-state index in [1.807, 2.05) is 4.90 Å². The molecule has 36 heavy (non-hydrogen) atoms. The van der Waals surface area contributed by atoms with Crippen LogP contribution in [-0.4, -0.2) is 28.9 Å². The van der Waals surface area contributed by atoms with Gasteiger partial charge in [0.1, 0.15) is 0 Å². The van der Waals surface area contributed by atoms with Crippen molar-refractivity contribution in [1.82, 2.24) is 9.88 Å². The molecule has 3 heteroatoms. The number of benzene rings is 2. The standard InChI is InChI=1S/C33H42N2O/c1-3-5-7-10-26-13-17-28(18-14-26)30-21-22-31(29-19-15-27(16-20-29)11-8-6-4-2)34-32(30)23-25-35-24-9-12-33(35)36/h13-22H,3-12,23-25H2,1-2H3. The number of carbonyl (C=O) groups is 1. The van der Waals surface area contributed by atoms with Gasteiger partial charge in [-0.15, -0.1) is 0 Å². The number of hydrogen-bond donors (Lipinski definition) is 0. The number of aromatic nitrogens is 1. The first-order valence-electron chi connectivity index (χ1n) is 14.1. The van der Waals surface area contributed by atoms with E-state index in [-0.39, 0.29) is 5.91 Å². The Kier molecular flexibility index (Phi) is 9.72. The number of nitrogens with zero attached hydrogens (tertiary/aromatic N) is 2. The Morgan fingerprint density at radius 1 is 0.722 bits per heavy atom. The third kappa shape index (κ3) is 7.06. The number of rotatable bonds is 13. The summed E-state index contributed by atoms with van der Waals surface area (Å²) in [6, 6.07) is 22.3. The maximum atomic E-state index is 12.2. The summed E-state index contributed by atoms with van der Waals surface area (Å²) in [6.07, 6.45) is 12.3. The first kappa shape index (κ1) is 26.1. The Morgan fingerprint density at radius 3 is 1.89 bits per heavy atom. The van der Waals surface area contributed by atoms with E-state index in [0.29, 0.717) is 6.42 Å². The quantitative estimate of drug-likeness (QED) is 0.231. The maximum absolute atomic E-state index is 12.2. The molecule has 0 atom stereocenters. The number of unbranched alkanes of at least 4 members (excludes halogenated alkanes) is 4. The minimum atomic E-state index is 0.280. The van der Waals surface area contributed by atoms with Crippen molar-refractivity contribution in [3.8, 4) is 22.4 Å². The zero-order valence-corrected chi connectivity index (χ0v) is 22.3. The number of hydrogen-bond acceptors (Lipinski definition) is 2. The number of aryl methyl sites for hydroxylation is 2. The fourth-order valence-electron chi connectivity index (χ4n) is 5.15. The molecule has 1 aliphatic heterocycles. The van der Waals surface area contributed by atoms with Crippen LogP contribution in [0.2, 0.25) is 0 Å². The second-order valence-corrected chi connectivity index (χ2v) is 10.2. The molecular weight excluding hydrogens is 440 g/mol. The van der Waals surface area contributed by atoms with Gasteiger partial charge in [-0.3, -0.25) is 9.78 Å². The van der Waals surface area contributed by atoms with Gasteiger partial charge < -0.3 is 4.90 Å². The lowest BCUT2D eigenvalue weighted by Crippen LogP contribution is -2.27. The first-order chi connectivity index (χ1) is 17.7. The Hall–Kier alpha value is -2.94. The molecule has 1 saturated heterocycles. The van der Waals surface area contributed by atoms with Gasteiger partial charge in [0, 0.05) is 37.1 Å². The van der Waals surface area contributed by atoms with E-state index in [1.54, 1.807) is 0 Å². The first-order valence-corrected chi connectivity index (χ1v) is 14.1. The molecule has 1 aromatic heterocycles. The van der Waals surface area contributed by atoms with Crippen molar-refractivity contribution in [2.45, 2.75) is 84.5 Å². The van der Waals surface area contributed by atoms with Crippen molar-refractivity contribution in [3.05, 3.63) is 77.5 Å². The Labute approximate surface area is 218 Å². The molecule has 0 bridgehead atoms. The molecule has 0 saturated carbocycles. The number of carbonyl (C=O) groups excluding carboxylic acids is 1. The van der Waals surface area contributed by atoms with Gasteiger partial charge in [-0.2, -0.15) is 0 Å². The molecule has 2 heterocycles. The summed E-state index contributed by atoms with van der Waals surface area (Å²) in [4.78, 5) is 19.4. The molecule has 0 radical (unpaired) electrons. The summed E-state index contributed by atoms with van der Waals surface area (Å²) in [5, 5.41) is 0. The SMILES string of the molecule is CCCCCc1ccc(-c2ccc(-c3ccc(CCCCC)cc3)c(CCN3CCCC3=O)n2)cc1. The molecular formula is C33H42N2O. The lowest BCUT2D eigenvalue weighted by atomic mass is 9.97. The molecule has 0 unspecified atom stereocenters. The predicted octanol–water partition coefficient (Wildman–Crippen LogP) is 8.05. The number of pyridine rings is 1. The summed E-state index contributed by atoms with van der Waals surface area (Å²) in [5.74, 6) is 0.280. The molecule has 3 nitrogen and oxygen atoms in total. The third-order valence-corrected chi connectivity index (χ3v) is 7.42. The average molecular weight is 483 g/mol. The highest BCUT2D eigenvalue weighted by Gasteiger charge is 2.20. The van der Waals surface area contributed by atoms with Gasteiger partial charge in [0.05, 0.1) is 11.4 Å². The molecule has 2 aromatic carbocycles. The van der Waals surface area contributed by atoms with Crippen LogP contribution in [0, 0.1) is 0 Å². The number of likely N-dealkylation sites (tertiary alicyclic amines) is 1. The topological polar surface area (TPSA) is 33.2 Å². The molecule has 1 amide bonds. The molecule has 4 rings (SSSR count). The highest BCUT2D eigenvalue weighted by molar-refractivity contribution is 5.78. The molecule has 0 N–H and O–H groups in total. The van der Waals surface area contributed by atoms with Crippen LogP contribution in [-0.2, 0) is 24.1 Å². The third-order valence-electron chi connectivity index (χ3n) is 7.42. The van der Waals surface area contributed by atoms with E-state index in [2.05, 4.69) is 74.5 Å². The molecule has 190 valence electrons. The van der Waals surface area contributed by atoms with Crippen molar-refractivity contribution in [2.24, 2.45) is 0 Å². The molecule has 1 fully saturated rings. The van der Waals surface area contributed by atoms with Gasteiger partial charge in [-0.05, 0) is 54.9 Å². The molecule has 0 spiro atoms. The van der Waals surface area contributed by atoms with Crippen molar-refractivity contribution < 1.29 is 4.79 Å². The fraction of sp³-hybridized carbons (Fsp3) is 0.455. The van der Waals surface area contributed by atoms with Gasteiger partial charge in [0.15, 0.2) is 0 Å². The second kappa shape index (κ2) is 13.4. The summed E-state index contributed by atoms with van der Waals surface area (Å²) >= 11 is 0. The summed E-state index contributed by atoms with van der Waals surface area (Å²) < 4.78 is 0. The van der Waals surface area contributed by atoms with E-state index < -0.39 is 0 Å². The number of amides is 1. The van der Waals surface area contributed by atoms with Crippen LogP contribution in [0.4, 0.5) is 0 Å². The van der Waals surface area contributed by atoms with E-state index in [4.69, 9.17) is 4.98 Å². The van der Waals surface area contributed by atoms with Crippen molar-refractivity contribution in [3.63, 3.8) is 0 Å². The van der Waals surface area contributed by atoms with Gasteiger partial charge in [0.25, 0.3) is 0 Å².